The largest absolute Gasteiger partial charge is 0.236 e. The molecule has 5 heteroatoms. The first-order chi connectivity index (χ1) is 8.38. The summed E-state index contributed by atoms with van der Waals surface area (Å²) in [5.41, 5.74) is 9.26. The first-order valence-corrected chi connectivity index (χ1v) is 5.72. The minimum absolute atomic E-state index is 0.106. The van der Waals surface area contributed by atoms with Crippen LogP contribution in [0.2, 0.25) is 0 Å². The maximum atomic E-state index is 8.19. The van der Waals surface area contributed by atoms with E-state index in [-0.39, 0.29) is 6.10 Å². The lowest BCUT2D eigenvalue weighted by atomic mass is 10.1. The number of benzene rings is 1. The zero-order valence-corrected chi connectivity index (χ0v) is 9.95. The molecule has 0 N–H and O–H groups in total. The molecule has 0 aliphatic carbocycles. The van der Waals surface area contributed by atoms with Gasteiger partial charge in [-0.25, -0.2) is 9.78 Å². The highest BCUT2D eigenvalue weighted by Gasteiger charge is 2.12. The van der Waals surface area contributed by atoms with Crippen LogP contribution < -0.4 is 0 Å². The van der Waals surface area contributed by atoms with Gasteiger partial charge in [-0.2, -0.15) is 0 Å². The maximum absolute atomic E-state index is 8.19. The third-order valence-electron chi connectivity index (χ3n) is 2.26. The molecular weight excluding hydrogens is 218 g/mol. The van der Waals surface area contributed by atoms with Crippen LogP contribution in [-0.4, -0.2) is 13.2 Å². The summed E-state index contributed by atoms with van der Waals surface area (Å²) in [7, 11) is 0. The molecule has 0 amide bonds. The average molecular weight is 235 g/mol. The third kappa shape index (κ3) is 5.36. The summed E-state index contributed by atoms with van der Waals surface area (Å²) in [4.78, 5) is 13.0. The van der Waals surface area contributed by atoms with Gasteiger partial charge < -0.3 is 0 Å². The van der Waals surface area contributed by atoms with E-state index in [4.69, 9.17) is 15.3 Å². The second kappa shape index (κ2) is 8.58. The molecule has 0 aliphatic heterocycles. The first kappa shape index (κ1) is 13.5. The van der Waals surface area contributed by atoms with Crippen molar-refractivity contribution in [1.29, 1.82) is 0 Å². The summed E-state index contributed by atoms with van der Waals surface area (Å²) in [5, 5.41) is 3.50. The minimum atomic E-state index is -0.106. The molecule has 0 heterocycles. The van der Waals surface area contributed by atoms with Gasteiger partial charge in [0, 0.05) is 11.5 Å². The van der Waals surface area contributed by atoms with Gasteiger partial charge in [-0.1, -0.05) is 35.4 Å². The van der Waals surface area contributed by atoms with Crippen LogP contribution in [0.15, 0.2) is 35.4 Å². The Bertz CT molecular complexity index is 350. The van der Waals surface area contributed by atoms with E-state index in [1.165, 1.54) is 0 Å². The highest BCUT2D eigenvalue weighted by Crippen LogP contribution is 2.22. The van der Waals surface area contributed by atoms with Crippen LogP contribution in [0.1, 0.15) is 31.4 Å². The van der Waals surface area contributed by atoms with Crippen LogP contribution >= 0.6 is 0 Å². The maximum Gasteiger partial charge on any atom is 0.118 e. The van der Waals surface area contributed by atoms with Gasteiger partial charge in [-0.3, -0.25) is 0 Å². The minimum Gasteiger partial charge on any atom is -0.236 e. The van der Waals surface area contributed by atoms with Crippen molar-refractivity contribution in [1.82, 2.24) is 0 Å². The lowest BCUT2D eigenvalue weighted by Crippen LogP contribution is -2.06. The molecule has 0 bridgehead atoms. The van der Waals surface area contributed by atoms with E-state index in [2.05, 4.69) is 10.0 Å². The normalized spacial score (nSPS) is 11.8. The van der Waals surface area contributed by atoms with Crippen molar-refractivity contribution in [3.05, 3.63) is 46.3 Å². The third-order valence-corrected chi connectivity index (χ3v) is 2.26. The summed E-state index contributed by atoms with van der Waals surface area (Å²) < 4.78 is 0. The van der Waals surface area contributed by atoms with Crippen molar-refractivity contribution in [2.75, 3.05) is 13.2 Å². The van der Waals surface area contributed by atoms with Gasteiger partial charge in [0.1, 0.15) is 6.10 Å². The molecule has 92 valence electrons. The van der Waals surface area contributed by atoms with Gasteiger partial charge in [0.15, 0.2) is 0 Å². The summed E-state index contributed by atoms with van der Waals surface area (Å²) >= 11 is 0. The molecule has 0 aliphatic rings. The summed E-state index contributed by atoms with van der Waals surface area (Å²) in [6, 6.07) is 9.88. The van der Waals surface area contributed by atoms with Gasteiger partial charge in [0.2, 0.25) is 0 Å². The van der Waals surface area contributed by atoms with Gasteiger partial charge >= 0.3 is 0 Å². The number of hydrogen-bond acceptors (Lipinski definition) is 3. The van der Waals surface area contributed by atoms with Gasteiger partial charge in [-0.15, -0.1) is 0 Å². The molecule has 1 aromatic rings. The Morgan fingerprint density at radius 2 is 2.12 bits per heavy atom. The van der Waals surface area contributed by atoms with Crippen LogP contribution in [0.25, 0.3) is 10.4 Å². The fourth-order valence-electron chi connectivity index (χ4n) is 1.48. The number of hydrogen-bond donors (Lipinski definition) is 0. The zero-order valence-electron chi connectivity index (χ0n) is 9.95. The Morgan fingerprint density at radius 3 is 2.76 bits per heavy atom. The monoisotopic (exact) mass is 235 g/mol. The second-order valence-electron chi connectivity index (χ2n) is 3.50. The van der Waals surface area contributed by atoms with E-state index in [1.54, 1.807) is 0 Å². The highest BCUT2D eigenvalue weighted by molar-refractivity contribution is 5.17. The van der Waals surface area contributed by atoms with Crippen molar-refractivity contribution >= 4 is 0 Å². The molecule has 1 aromatic carbocycles. The van der Waals surface area contributed by atoms with Crippen LogP contribution in [-0.2, 0) is 9.78 Å². The molecule has 0 aromatic heterocycles. The van der Waals surface area contributed by atoms with Crippen LogP contribution in [0.3, 0.4) is 0 Å². The molecule has 17 heavy (non-hydrogen) atoms. The van der Waals surface area contributed by atoms with E-state index < -0.39 is 0 Å². The van der Waals surface area contributed by atoms with Gasteiger partial charge in [-0.05, 0) is 30.9 Å². The smallest absolute Gasteiger partial charge is 0.118 e. The van der Waals surface area contributed by atoms with E-state index in [1.807, 2.05) is 37.3 Å². The Morgan fingerprint density at radius 1 is 1.35 bits per heavy atom. The Hall–Kier alpha value is -1.55. The molecule has 0 saturated carbocycles. The fourth-order valence-corrected chi connectivity index (χ4v) is 1.48. The molecular formula is C12H17N3O2. The lowest BCUT2D eigenvalue weighted by molar-refractivity contribution is -0.325. The van der Waals surface area contributed by atoms with Gasteiger partial charge in [0.25, 0.3) is 0 Å². The molecule has 0 spiro atoms. The molecule has 1 rings (SSSR count). The van der Waals surface area contributed by atoms with Crippen molar-refractivity contribution in [3.8, 4) is 0 Å². The van der Waals surface area contributed by atoms with Crippen LogP contribution in [0, 0.1) is 0 Å². The Kier molecular flexibility index (Phi) is 6.82. The molecule has 1 unspecified atom stereocenters. The first-order valence-electron chi connectivity index (χ1n) is 5.72. The number of nitrogens with zero attached hydrogens (tertiary/aromatic N) is 3. The van der Waals surface area contributed by atoms with Crippen LogP contribution in [0.4, 0.5) is 0 Å². The summed E-state index contributed by atoms with van der Waals surface area (Å²) in [5.74, 6) is 0. The molecule has 1 atom stereocenters. The quantitative estimate of drug-likeness (QED) is 0.172. The molecule has 0 radical (unpaired) electrons. The summed E-state index contributed by atoms with van der Waals surface area (Å²) in [6.45, 7) is 2.87. The second-order valence-corrected chi connectivity index (χ2v) is 3.50. The predicted molar refractivity (Wildman–Crippen MR) is 65.1 cm³/mol. The van der Waals surface area contributed by atoms with Crippen LogP contribution in [0.5, 0.6) is 0 Å². The van der Waals surface area contributed by atoms with E-state index in [9.17, 15) is 0 Å². The number of azide groups is 1. The molecule has 5 nitrogen and oxygen atoms in total. The Balaban J connectivity index is 2.51. The van der Waals surface area contributed by atoms with Crippen molar-refractivity contribution < 1.29 is 9.78 Å². The predicted octanol–water partition coefficient (Wildman–Crippen LogP) is 3.79. The zero-order chi connectivity index (χ0) is 12.3. The lowest BCUT2D eigenvalue weighted by Gasteiger charge is -2.16. The van der Waals surface area contributed by atoms with E-state index in [0.717, 1.165) is 18.4 Å². The highest BCUT2D eigenvalue weighted by atomic mass is 17.2. The molecule has 0 fully saturated rings. The molecule has 0 saturated heterocycles. The standard InChI is InChI=1S/C12H17N3O2/c1-2-16-17-12(9-6-10-14-15-13)11-7-4-3-5-8-11/h3-5,7-8,12H,2,6,9-10H2,1H3. The van der Waals surface area contributed by atoms with Crippen molar-refractivity contribution in [3.63, 3.8) is 0 Å². The van der Waals surface area contributed by atoms with E-state index >= 15 is 0 Å². The topological polar surface area (TPSA) is 67.2 Å². The van der Waals surface area contributed by atoms with Crippen molar-refractivity contribution in [2.24, 2.45) is 5.11 Å². The van der Waals surface area contributed by atoms with Crippen molar-refractivity contribution in [2.45, 2.75) is 25.9 Å². The Labute approximate surface area is 101 Å². The summed E-state index contributed by atoms with van der Waals surface area (Å²) in [6.07, 6.45) is 1.43. The van der Waals surface area contributed by atoms with E-state index in [0.29, 0.717) is 13.2 Å². The average Bonchev–Trinajstić information content (AvgIpc) is 2.39. The fraction of sp³-hybridized carbons (Fsp3) is 0.500. The SMILES string of the molecule is CCOOC(CCCN=[N+]=[N-])c1ccccc1. The number of rotatable bonds is 8. The van der Waals surface area contributed by atoms with Gasteiger partial charge in [0.05, 0.1) is 6.61 Å².